The maximum atomic E-state index is 12.1. The largest absolute Gasteiger partial charge is 0.356 e. The van der Waals surface area contributed by atoms with Gasteiger partial charge in [-0.3, -0.25) is 9.78 Å². The normalized spacial score (nSPS) is 24.0. The van der Waals surface area contributed by atoms with E-state index in [0.29, 0.717) is 0 Å². The number of aromatic nitrogens is 3. The van der Waals surface area contributed by atoms with Crippen molar-refractivity contribution in [3.63, 3.8) is 0 Å². The average Bonchev–Trinajstić information content (AvgIpc) is 3.12. The van der Waals surface area contributed by atoms with Crippen molar-refractivity contribution < 1.29 is 4.79 Å². The molecular formula is C23H29N5O. The van der Waals surface area contributed by atoms with Crippen LogP contribution in [0.5, 0.6) is 0 Å². The molecular weight excluding hydrogens is 362 g/mol. The Morgan fingerprint density at radius 3 is 2.69 bits per heavy atom. The van der Waals surface area contributed by atoms with Crippen LogP contribution in [0.4, 0.5) is 5.82 Å². The SMILES string of the molecule is CC(=O)N1CCCC2(CCc3c(N4CCCCC4)nc(-c4cccnc4)nc32)C1. The van der Waals surface area contributed by atoms with Crippen LogP contribution in [0.2, 0.25) is 0 Å². The molecule has 152 valence electrons. The third kappa shape index (κ3) is 3.28. The summed E-state index contributed by atoms with van der Waals surface area (Å²) in [5.41, 5.74) is 3.46. The van der Waals surface area contributed by atoms with Crippen LogP contribution in [0.25, 0.3) is 11.4 Å². The first-order chi connectivity index (χ1) is 14.2. The number of amides is 1. The molecule has 0 N–H and O–H groups in total. The van der Waals surface area contributed by atoms with Crippen LogP contribution in [0.3, 0.4) is 0 Å². The first-order valence-corrected chi connectivity index (χ1v) is 11.0. The Morgan fingerprint density at radius 2 is 1.93 bits per heavy atom. The van der Waals surface area contributed by atoms with Crippen LogP contribution >= 0.6 is 0 Å². The van der Waals surface area contributed by atoms with Gasteiger partial charge in [0.15, 0.2) is 5.82 Å². The van der Waals surface area contributed by atoms with Crippen molar-refractivity contribution in [2.24, 2.45) is 0 Å². The minimum absolute atomic E-state index is 0.0241. The Labute approximate surface area is 172 Å². The van der Waals surface area contributed by atoms with Crippen molar-refractivity contribution in [2.45, 2.75) is 57.3 Å². The molecule has 0 saturated carbocycles. The van der Waals surface area contributed by atoms with Gasteiger partial charge in [-0.15, -0.1) is 0 Å². The second-order valence-corrected chi connectivity index (χ2v) is 8.81. The molecule has 4 heterocycles. The molecule has 0 bridgehead atoms. The van der Waals surface area contributed by atoms with E-state index in [2.05, 4.69) is 9.88 Å². The number of carbonyl (C=O) groups is 1. The molecule has 6 nitrogen and oxygen atoms in total. The maximum Gasteiger partial charge on any atom is 0.219 e. The molecule has 2 saturated heterocycles. The first-order valence-electron chi connectivity index (χ1n) is 11.0. The van der Waals surface area contributed by atoms with E-state index in [0.717, 1.165) is 69.1 Å². The highest BCUT2D eigenvalue weighted by atomic mass is 16.2. The number of anilines is 1. The van der Waals surface area contributed by atoms with E-state index < -0.39 is 0 Å². The Morgan fingerprint density at radius 1 is 1.07 bits per heavy atom. The van der Waals surface area contributed by atoms with Gasteiger partial charge in [0.1, 0.15) is 5.82 Å². The van der Waals surface area contributed by atoms with E-state index in [1.165, 1.54) is 30.5 Å². The summed E-state index contributed by atoms with van der Waals surface area (Å²) >= 11 is 0. The monoisotopic (exact) mass is 391 g/mol. The highest BCUT2D eigenvalue weighted by Gasteiger charge is 2.46. The van der Waals surface area contributed by atoms with Gasteiger partial charge in [0.2, 0.25) is 5.91 Å². The Balaban J connectivity index is 1.63. The summed E-state index contributed by atoms with van der Waals surface area (Å²) in [4.78, 5) is 31.1. The zero-order chi connectivity index (χ0) is 19.8. The lowest BCUT2D eigenvalue weighted by atomic mass is 9.77. The van der Waals surface area contributed by atoms with E-state index in [9.17, 15) is 4.79 Å². The van der Waals surface area contributed by atoms with Gasteiger partial charge >= 0.3 is 0 Å². The number of likely N-dealkylation sites (tertiary alicyclic amines) is 1. The average molecular weight is 392 g/mol. The van der Waals surface area contributed by atoms with Gasteiger partial charge in [-0.05, 0) is 57.1 Å². The van der Waals surface area contributed by atoms with Crippen LogP contribution in [-0.4, -0.2) is 51.9 Å². The van der Waals surface area contributed by atoms with Crippen LogP contribution in [0, 0.1) is 0 Å². The first kappa shape index (κ1) is 18.5. The van der Waals surface area contributed by atoms with Crippen LogP contribution in [-0.2, 0) is 16.6 Å². The molecule has 1 atom stereocenters. The number of hydrogen-bond donors (Lipinski definition) is 0. The Kier molecular flexibility index (Phi) is 4.72. The summed E-state index contributed by atoms with van der Waals surface area (Å²) in [6.45, 7) is 5.49. The molecule has 0 aromatic carbocycles. The summed E-state index contributed by atoms with van der Waals surface area (Å²) < 4.78 is 0. The second kappa shape index (κ2) is 7.39. The van der Waals surface area contributed by atoms with Gasteiger partial charge in [0.05, 0.1) is 5.69 Å². The standard InChI is InChI=1S/C23H29N5O/c1-17(29)28-14-6-9-23(16-28)10-8-19-20(23)25-21(18-7-5-11-24-15-18)26-22(19)27-12-3-2-4-13-27/h5,7,11,15H,2-4,6,8-10,12-14,16H2,1H3. The number of nitrogens with zero attached hydrogens (tertiary/aromatic N) is 5. The van der Waals surface area contributed by atoms with Gasteiger partial charge in [-0.25, -0.2) is 9.97 Å². The molecule has 0 radical (unpaired) electrons. The van der Waals surface area contributed by atoms with Crippen molar-refractivity contribution in [3.8, 4) is 11.4 Å². The zero-order valence-electron chi connectivity index (χ0n) is 17.2. The van der Waals surface area contributed by atoms with Gasteiger partial charge in [-0.2, -0.15) is 0 Å². The van der Waals surface area contributed by atoms with Crippen molar-refractivity contribution in [1.29, 1.82) is 0 Å². The van der Waals surface area contributed by atoms with Crippen LogP contribution < -0.4 is 4.90 Å². The lowest BCUT2D eigenvalue weighted by Gasteiger charge is -2.40. The molecule has 1 unspecified atom stereocenters. The maximum absolute atomic E-state index is 12.1. The molecule has 1 aliphatic carbocycles. The smallest absolute Gasteiger partial charge is 0.219 e. The molecule has 2 fully saturated rings. The number of hydrogen-bond acceptors (Lipinski definition) is 5. The third-order valence-corrected chi connectivity index (χ3v) is 6.94. The molecule has 1 amide bonds. The minimum Gasteiger partial charge on any atom is -0.356 e. The number of carbonyl (C=O) groups excluding carboxylic acids is 1. The Bertz CT molecular complexity index is 909. The minimum atomic E-state index is -0.0241. The fraction of sp³-hybridized carbons (Fsp3) is 0.565. The summed E-state index contributed by atoms with van der Waals surface area (Å²) in [7, 11) is 0. The fourth-order valence-electron chi connectivity index (χ4n) is 5.41. The quantitative estimate of drug-likeness (QED) is 0.786. The van der Waals surface area contributed by atoms with E-state index in [4.69, 9.17) is 9.97 Å². The number of rotatable bonds is 2. The highest BCUT2D eigenvalue weighted by Crippen LogP contribution is 2.47. The number of piperidine rings is 2. The molecule has 1 spiro atoms. The molecule has 5 rings (SSSR count). The molecule has 29 heavy (non-hydrogen) atoms. The number of fused-ring (bicyclic) bond motifs is 2. The third-order valence-electron chi connectivity index (χ3n) is 6.94. The van der Waals surface area contributed by atoms with Crippen molar-refractivity contribution in [3.05, 3.63) is 35.8 Å². The van der Waals surface area contributed by atoms with Crippen LogP contribution in [0.15, 0.2) is 24.5 Å². The predicted molar refractivity (Wildman–Crippen MR) is 113 cm³/mol. The van der Waals surface area contributed by atoms with Crippen LogP contribution in [0.1, 0.15) is 56.7 Å². The van der Waals surface area contributed by atoms with Crippen molar-refractivity contribution in [1.82, 2.24) is 19.9 Å². The van der Waals surface area contributed by atoms with E-state index in [1.807, 2.05) is 23.2 Å². The van der Waals surface area contributed by atoms with E-state index in [-0.39, 0.29) is 11.3 Å². The Hall–Kier alpha value is -2.50. The zero-order valence-corrected chi connectivity index (χ0v) is 17.2. The van der Waals surface area contributed by atoms with E-state index in [1.54, 1.807) is 13.1 Å². The van der Waals surface area contributed by atoms with E-state index >= 15 is 0 Å². The highest BCUT2D eigenvalue weighted by molar-refractivity contribution is 5.73. The summed E-state index contributed by atoms with van der Waals surface area (Å²) in [6.07, 6.45) is 11.6. The molecule has 2 aromatic rings. The van der Waals surface area contributed by atoms with Gasteiger partial charge in [0, 0.05) is 62.0 Å². The topological polar surface area (TPSA) is 62.2 Å². The van der Waals surface area contributed by atoms with Gasteiger partial charge < -0.3 is 9.80 Å². The summed E-state index contributed by atoms with van der Waals surface area (Å²) in [6, 6.07) is 3.99. The fourth-order valence-corrected chi connectivity index (χ4v) is 5.41. The lowest BCUT2D eigenvalue weighted by molar-refractivity contribution is -0.131. The molecule has 2 aliphatic heterocycles. The molecule has 3 aliphatic rings. The van der Waals surface area contributed by atoms with Crippen molar-refractivity contribution in [2.75, 3.05) is 31.1 Å². The van der Waals surface area contributed by atoms with Gasteiger partial charge in [-0.1, -0.05) is 0 Å². The summed E-state index contributed by atoms with van der Waals surface area (Å²) in [5.74, 6) is 2.08. The van der Waals surface area contributed by atoms with Crippen molar-refractivity contribution >= 4 is 11.7 Å². The predicted octanol–water partition coefficient (Wildman–Crippen LogP) is 3.36. The molecule has 6 heteroatoms. The molecule has 2 aromatic heterocycles. The number of pyridine rings is 1. The lowest BCUT2D eigenvalue weighted by Crippen LogP contribution is -2.47. The second-order valence-electron chi connectivity index (χ2n) is 8.81. The van der Waals surface area contributed by atoms with Gasteiger partial charge in [0.25, 0.3) is 0 Å². The summed E-state index contributed by atoms with van der Waals surface area (Å²) in [5, 5.41) is 0.